The minimum Gasteiger partial charge on any atom is -0.311 e. The maximum absolute atomic E-state index is 2.75. The number of hydrogen-bond donors (Lipinski definition) is 0. The number of fused-ring (bicyclic) bond motifs is 11. The third kappa shape index (κ3) is 7.62. The van der Waals surface area contributed by atoms with E-state index in [1.54, 1.807) is 0 Å². The van der Waals surface area contributed by atoms with Gasteiger partial charge in [0.25, 0.3) is 6.71 Å². The van der Waals surface area contributed by atoms with Crippen molar-refractivity contribution in [2.75, 3.05) is 9.80 Å². The summed E-state index contributed by atoms with van der Waals surface area (Å²) in [6, 6.07) is 51.4. The Morgan fingerprint density at radius 1 is 0.455 bits per heavy atom. The molecule has 5 heteroatoms. The Balaban J connectivity index is 1.21. The molecule has 13 rings (SSSR count). The minimum atomic E-state index is -0.0708. The summed E-state index contributed by atoms with van der Waals surface area (Å²) < 4.78 is 4.06. The van der Waals surface area contributed by atoms with E-state index in [0.717, 1.165) is 29.9 Å². The van der Waals surface area contributed by atoms with E-state index in [9.17, 15) is 0 Å². The molecule has 4 heterocycles. The lowest BCUT2D eigenvalue weighted by Crippen LogP contribution is -2.61. The number of aromatic nitrogens is 1. The van der Waals surface area contributed by atoms with Gasteiger partial charge in [0, 0.05) is 55.0 Å². The van der Waals surface area contributed by atoms with E-state index < -0.39 is 0 Å². The monoisotopic (exact) mass is 1030 g/mol. The summed E-state index contributed by atoms with van der Waals surface area (Å²) in [5.41, 5.74) is 24.4. The first-order valence-electron chi connectivity index (χ1n) is 28.9. The molecule has 2 aliphatic carbocycles. The summed E-state index contributed by atoms with van der Waals surface area (Å²) in [4.78, 5) is 6.62. The molecule has 2 aromatic heterocycles. The summed E-state index contributed by atoms with van der Waals surface area (Å²) in [5, 5.41) is 4.09. The lowest BCUT2D eigenvalue weighted by atomic mass is 9.33. The van der Waals surface area contributed by atoms with Gasteiger partial charge in [-0.25, -0.2) is 0 Å². The van der Waals surface area contributed by atoms with Gasteiger partial charge in [-0.1, -0.05) is 178 Å². The Morgan fingerprint density at radius 3 is 1.55 bits per heavy atom. The number of rotatable bonds is 4. The van der Waals surface area contributed by atoms with E-state index in [-0.39, 0.29) is 44.6 Å². The minimum absolute atomic E-state index is 0.00222. The van der Waals surface area contributed by atoms with Crippen molar-refractivity contribution in [2.24, 2.45) is 0 Å². The predicted molar refractivity (Wildman–Crippen MR) is 337 cm³/mol. The molecule has 392 valence electrons. The smallest absolute Gasteiger partial charge is 0.252 e. The molecular weight excluding hydrogens is 950 g/mol. The first kappa shape index (κ1) is 50.5. The van der Waals surface area contributed by atoms with Gasteiger partial charge in [-0.2, -0.15) is 0 Å². The van der Waals surface area contributed by atoms with Gasteiger partial charge in [-0.15, -0.1) is 11.3 Å². The van der Waals surface area contributed by atoms with Crippen molar-refractivity contribution < 1.29 is 0 Å². The van der Waals surface area contributed by atoms with Gasteiger partial charge in [0.1, 0.15) is 4.83 Å². The third-order valence-corrected chi connectivity index (χ3v) is 20.5. The number of anilines is 6. The molecule has 0 amide bonds. The quantitative estimate of drug-likeness (QED) is 0.163. The van der Waals surface area contributed by atoms with Crippen LogP contribution < -0.4 is 26.2 Å². The maximum Gasteiger partial charge on any atom is 0.252 e. The number of nitrogens with zero attached hydrogens (tertiary/aromatic N) is 3. The Morgan fingerprint density at radius 2 is 0.974 bits per heavy atom. The Kier molecular flexibility index (Phi) is 10.7. The molecule has 0 N–H and O–H groups in total. The molecule has 0 saturated carbocycles. The molecular formula is C72H80BN3S. The van der Waals surface area contributed by atoms with Gasteiger partial charge in [0.2, 0.25) is 0 Å². The van der Waals surface area contributed by atoms with Gasteiger partial charge in [-0.3, -0.25) is 0 Å². The van der Waals surface area contributed by atoms with Gasteiger partial charge in [0.05, 0.1) is 11.2 Å². The van der Waals surface area contributed by atoms with Crippen molar-refractivity contribution in [1.82, 2.24) is 4.57 Å². The molecule has 0 unspecified atom stereocenters. The van der Waals surface area contributed by atoms with Crippen molar-refractivity contribution in [1.29, 1.82) is 0 Å². The van der Waals surface area contributed by atoms with Crippen LogP contribution in [0.25, 0.3) is 36.9 Å². The van der Waals surface area contributed by atoms with Crippen LogP contribution in [-0.2, 0) is 37.9 Å². The van der Waals surface area contributed by atoms with E-state index in [1.165, 1.54) is 122 Å². The topological polar surface area (TPSA) is 11.4 Å². The van der Waals surface area contributed by atoms with Crippen molar-refractivity contribution in [3.63, 3.8) is 0 Å². The van der Waals surface area contributed by atoms with Gasteiger partial charge < -0.3 is 14.4 Å². The third-order valence-electron chi connectivity index (χ3n) is 19.4. The highest BCUT2D eigenvalue weighted by molar-refractivity contribution is 7.26. The molecule has 0 spiro atoms. The largest absolute Gasteiger partial charge is 0.311 e. The summed E-state index contributed by atoms with van der Waals surface area (Å²) in [6.07, 6.45) is 4.67. The van der Waals surface area contributed by atoms with Crippen LogP contribution in [0.5, 0.6) is 0 Å². The standard InChI is InChI=1S/C72H80BN3S/c1-66(2,3)43-22-26-46(27-23-43)74(47-28-24-44(25-29-47)67(4,5)6)49-39-59-63-60(40-49)76-64-51(62-50-20-18-19-21-61(50)77-65(62)76)36-45(68(7,8)9)37-57(64)73(63)56-41-54-55(72(16,17)35-34-71(54,14)15)42-58(56)75(59)48-30-31-52-53(38-48)70(12,13)33-32-69(52,10)11/h18-31,36-42H,32-35H2,1-17H3. The van der Waals surface area contributed by atoms with Crippen molar-refractivity contribution in [3.05, 3.63) is 166 Å². The van der Waals surface area contributed by atoms with Crippen LogP contribution in [0.15, 0.2) is 127 Å². The molecule has 0 bridgehead atoms. The fourth-order valence-corrected chi connectivity index (χ4v) is 15.5. The van der Waals surface area contributed by atoms with Crippen LogP contribution >= 0.6 is 11.3 Å². The zero-order chi connectivity index (χ0) is 54.5. The molecule has 0 radical (unpaired) electrons. The highest BCUT2D eigenvalue weighted by Crippen LogP contribution is 2.54. The van der Waals surface area contributed by atoms with Crippen LogP contribution in [0.1, 0.15) is 182 Å². The molecule has 77 heavy (non-hydrogen) atoms. The fourth-order valence-electron chi connectivity index (χ4n) is 14.2. The molecule has 0 fully saturated rings. The second-order valence-corrected chi connectivity index (χ2v) is 30.7. The van der Waals surface area contributed by atoms with Gasteiger partial charge in [0.15, 0.2) is 0 Å². The highest BCUT2D eigenvalue weighted by Gasteiger charge is 2.47. The maximum atomic E-state index is 2.75. The Labute approximate surface area is 464 Å². The lowest BCUT2D eigenvalue weighted by Gasteiger charge is -2.47. The first-order chi connectivity index (χ1) is 36.0. The summed E-state index contributed by atoms with van der Waals surface area (Å²) in [5.74, 6) is 0. The number of thiophene rings is 1. The van der Waals surface area contributed by atoms with E-state index in [4.69, 9.17) is 0 Å². The Bertz CT molecular complexity index is 3870. The first-order valence-corrected chi connectivity index (χ1v) is 29.7. The van der Waals surface area contributed by atoms with Crippen LogP contribution in [0.4, 0.5) is 34.1 Å². The number of hydrogen-bond acceptors (Lipinski definition) is 3. The highest BCUT2D eigenvalue weighted by atomic mass is 32.1. The average molecular weight is 1030 g/mol. The second-order valence-electron chi connectivity index (χ2n) is 29.6. The van der Waals surface area contributed by atoms with Crippen molar-refractivity contribution in [2.45, 2.75) is 181 Å². The molecule has 7 aromatic carbocycles. The van der Waals surface area contributed by atoms with Gasteiger partial charge in [-0.05, 0) is 186 Å². The molecule has 2 aliphatic heterocycles. The average Bonchev–Trinajstić information content (AvgIpc) is 3.90. The normalized spacial score (nSPS) is 17.8. The summed E-state index contributed by atoms with van der Waals surface area (Å²) >= 11 is 1.96. The van der Waals surface area contributed by atoms with E-state index in [2.05, 4.69) is 259 Å². The summed E-state index contributed by atoms with van der Waals surface area (Å²) in [7, 11) is 0. The SMILES string of the molecule is CC(C)(C)c1ccc(N(c2ccc(C(C)(C)C)cc2)c2cc3c4c(c2)-n2c5sc6ccccc6c5c5cc(C(C)(C)C)cc(c52)B4c2cc4c(cc2N3c2ccc3c(c2)C(C)(C)CCC3(C)C)C(C)(C)CCC4(C)C)cc1. The predicted octanol–water partition coefficient (Wildman–Crippen LogP) is 18.7. The van der Waals surface area contributed by atoms with Crippen LogP contribution in [0, 0.1) is 0 Å². The van der Waals surface area contributed by atoms with Gasteiger partial charge >= 0.3 is 0 Å². The van der Waals surface area contributed by atoms with Crippen LogP contribution in [0.2, 0.25) is 0 Å². The van der Waals surface area contributed by atoms with E-state index in [1.807, 2.05) is 11.3 Å². The molecule has 4 aliphatic rings. The molecule has 0 atom stereocenters. The molecule has 9 aromatic rings. The Hall–Kier alpha value is -6.04. The van der Waals surface area contributed by atoms with E-state index >= 15 is 0 Å². The molecule has 0 saturated heterocycles. The van der Waals surface area contributed by atoms with Crippen molar-refractivity contribution in [3.8, 4) is 5.69 Å². The fraction of sp³-hybridized carbons (Fsp3) is 0.389. The lowest BCUT2D eigenvalue weighted by molar-refractivity contribution is 0.332. The second kappa shape index (κ2) is 16.3. The summed E-state index contributed by atoms with van der Waals surface area (Å²) in [6.45, 7) is 41.0. The zero-order valence-corrected chi connectivity index (χ0v) is 50.1. The van der Waals surface area contributed by atoms with Crippen molar-refractivity contribution >= 4 is 99.8 Å². The van der Waals surface area contributed by atoms with E-state index in [0.29, 0.717) is 0 Å². The number of benzene rings is 7. The van der Waals surface area contributed by atoms with Crippen LogP contribution in [-0.4, -0.2) is 11.3 Å². The van der Waals surface area contributed by atoms with Crippen LogP contribution in [0.3, 0.4) is 0 Å². The molecule has 3 nitrogen and oxygen atoms in total. The zero-order valence-electron chi connectivity index (χ0n) is 49.3.